The summed E-state index contributed by atoms with van der Waals surface area (Å²) in [5.74, 6) is 0.434. The smallest absolute Gasteiger partial charge is 0.160 e. The summed E-state index contributed by atoms with van der Waals surface area (Å²) in [6.45, 7) is 0. The van der Waals surface area contributed by atoms with Gasteiger partial charge >= 0.3 is 0 Å². The zero-order chi connectivity index (χ0) is 40.2. The van der Waals surface area contributed by atoms with Gasteiger partial charge in [-0.25, -0.2) is 9.97 Å². The third-order valence-corrected chi connectivity index (χ3v) is 11.4. The second kappa shape index (κ2) is 14.1. The summed E-state index contributed by atoms with van der Waals surface area (Å²) in [6, 6.07) is 70.7. The van der Waals surface area contributed by atoms with Gasteiger partial charge in [-0.05, 0) is 48.5 Å². The van der Waals surface area contributed by atoms with Crippen LogP contribution in [-0.4, -0.2) is 19.1 Å². The summed E-state index contributed by atoms with van der Waals surface area (Å²) < 4.78 is 4.69. The Labute approximate surface area is 345 Å². The van der Waals surface area contributed by atoms with Crippen molar-refractivity contribution < 1.29 is 0 Å². The minimum Gasteiger partial charge on any atom is -0.309 e. The van der Waals surface area contributed by atoms with Gasteiger partial charge in [0.1, 0.15) is 11.6 Å². The predicted octanol–water partition coefficient (Wildman–Crippen LogP) is 13.1. The third-order valence-electron chi connectivity index (χ3n) is 11.4. The number of aromatic nitrogens is 4. The molecule has 3 heterocycles. The van der Waals surface area contributed by atoms with Crippen molar-refractivity contribution in [3.63, 3.8) is 0 Å². The lowest BCUT2D eigenvalue weighted by atomic mass is 9.95. The van der Waals surface area contributed by atoms with Crippen LogP contribution in [0, 0.1) is 22.7 Å². The molecule has 0 spiro atoms. The normalized spacial score (nSPS) is 11.3. The maximum atomic E-state index is 10.9. The van der Waals surface area contributed by atoms with Crippen molar-refractivity contribution >= 4 is 43.6 Å². The number of fused-ring (bicyclic) bond motifs is 7. The van der Waals surface area contributed by atoms with E-state index in [2.05, 4.69) is 124 Å². The average molecular weight is 765 g/mol. The highest BCUT2D eigenvalue weighted by atomic mass is 15.0. The quantitative estimate of drug-likeness (QED) is 0.169. The Balaban J connectivity index is 1.17. The van der Waals surface area contributed by atoms with Crippen LogP contribution in [0.25, 0.3) is 100 Å². The van der Waals surface area contributed by atoms with Crippen LogP contribution in [-0.2, 0) is 0 Å². The summed E-state index contributed by atoms with van der Waals surface area (Å²) in [4.78, 5) is 10.0. The van der Waals surface area contributed by atoms with Crippen LogP contribution in [0.4, 0.5) is 0 Å². The first-order valence-electron chi connectivity index (χ1n) is 19.8. The van der Waals surface area contributed by atoms with Crippen molar-refractivity contribution in [3.05, 3.63) is 205 Å². The molecule has 0 saturated heterocycles. The molecule has 0 saturated carbocycles. The fourth-order valence-corrected chi connectivity index (χ4v) is 8.85. The van der Waals surface area contributed by atoms with Crippen LogP contribution in [0.3, 0.4) is 0 Å². The van der Waals surface area contributed by atoms with Gasteiger partial charge in [-0.3, -0.25) is 0 Å². The molecule has 6 nitrogen and oxygen atoms in total. The van der Waals surface area contributed by atoms with Crippen LogP contribution in [0.5, 0.6) is 0 Å². The Morgan fingerprint density at radius 1 is 0.400 bits per heavy atom. The number of hydrogen-bond donors (Lipinski definition) is 0. The molecule has 0 aliphatic carbocycles. The van der Waals surface area contributed by atoms with Gasteiger partial charge < -0.3 is 9.13 Å². The zero-order valence-electron chi connectivity index (χ0n) is 32.2. The van der Waals surface area contributed by atoms with E-state index in [1.54, 1.807) is 0 Å². The first-order valence-corrected chi connectivity index (χ1v) is 19.8. The second-order valence-electron chi connectivity index (χ2n) is 14.8. The van der Waals surface area contributed by atoms with Crippen molar-refractivity contribution in [3.8, 4) is 68.5 Å². The van der Waals surface area contributed by atoms with Crippen molar-refractivity contribution in [1.29, 1.82) is 10.5 Å². The SMILES string of the molecule is N#Cc1cc(-c2nc(-c3ccccc3)c(C#N)c(-c3ccccc3)n2)ccc1-c1cccc2c3c4c5ccccc5n(-c5ccccc5)c4ccc3n(-c3ccccc3)c12. The largest absolute Gasteiger partial charge is 0.309 e. The topological polar surface area (TPSA) is 83.2 Å². The van der Waals surface area contributed by atoms with E-state index in [1.165, 1.54) is 10.8 Å². The van der Waals surface area contributed by atoms with Crippen LogP contribution >= 0.6 is 0 Å². The van der Waals surface area contributed by atoms with Crippen LogP contribution in [0.15, 0.2) is 194 Å². The molecule has 11 aromatic rings. The molecule has 0 bridgehead atoms. The van der Waals surface area contributed by atoms with Gasteiger partial charge in [-0.1, -0.05) is 146 Å². The molecule has 0 radical (unpaired) electrons. The molecule has 0 unspecified atom stereocenters. The molecular weight excluding hydrogens is 733 g/mol. The van der Waals surface area contributed by atoms with E-state index >= 15 is 0 Å². The highest BCUT2D eigenvalue weighted by Gasteiger charge is 2.24. The molecule has 0 N–H and O–H groups in total. The minimum absolute atomic E-state index is 0.398. The predicted molar refractivity (Wildman–Crippen MR) is 242 cm³/mol. The first-order chi connectivity index (χ1) is 29.7. The van der Waals surface area contributed by atoms with Gasteiger partial charge in [-0.15, -0.1) is 0 Å². The van der Waals surface area contributed by atoms with Crippen molar-refractivity contribution in [2.45, 2.75) is 0 Å². The molecule has 3 aromatic heterocycles. The maximum Gasteiger partial charge on any atom is 0.160 e. The average Bonchev–Trinajstić information content (AvgIpc) is 3.85. The molecule has 278 valence electrons. The number of nitrogens with zero attached hydrogens (tertiary/aromatic N) is 6. The molecular formula is C54H32N6. The second-order valence-corrected chi connectivity index (χ2v) is 14.8. The Hall–Kier alpha value is -8.58. The minimum atomic E-state index is 0.398. The maximum absolute atomic E-state index is 10.9. The summed E-state index contributed by atoms with van der Waals surface area (Å²) in [5, 5.41) is 26.0. The number of hydrogen-bond acceptors (Lipinski definition) is 4. The number of nitriles is 2. The van der Waals surface area contributed by atoms with Crippen molar-refractivity contribution in [2.24, 2.45) is 0 Å². The first kappa shape index (κ1) is 34.7. The molecule has 0 atom stereocenters. The van der Waals surface area contributed by atoms with E-state index in [-0.39, 0.29) is 0 Å². The van der Waals surface area contributed by atoms with Crippen LogP contribution < -0.4 is 0 Å². The summed E-state index contributed by atoms with van der Waals surface area (Å²) in [7, 11) is 0. The highest BCUT2D eigenvalue weighted by Crippen LogP contribution is 2.45. The molecule has 0 aliphatic heterocycles. The van der Waals surface area contributed by atoms with E-state index < -0.39 is 0 Å². The van der Waals surface area contributed by atoms with E-state index in [0.29, 0.717) is 33.9 Å². The monoisotopic (exact) mass is 764 g/mol. The van der Waals surface area contributed by atoms with E-state index in [0.717, 1.165) is 66.5 Å². The van der Waals surface area contributed by atoms with Crippen LogP contribution in [0.1, 0.15) is 11.1 Å². The summed E-state index contributed by atoms with van der Waals surface area (Å²) >= 11 is 0. The number of rotatable bonds is 6. The molecule has 0 fully saturated rings. The van der Waals surface area contributed by atoms with E-state index in [9.17, 15) is 10.5 Å². The van der Waals surface area contributed by atoms with Gasteiger partial charge in [0.05, 0.1) is 45.1 Å². The van der Waals surface area contributed by atoms with Gasteiger partial charge in [0.2, 0.25) is 0 Å². The number of benzene rings is 8. The standard InChI is InChI=1S/C54H32N6/c55-33-38-32-37(54-57-51(35-16-5-1-6-17-35)45(34-56)52(58-54)36-18-7-2-8-19-36)28-29-41(38)42-25-15-26-44-50-48(60(53(42)44)40-22-11-4-12-23-40)31-30-47-49(50)43-24-13-14-27-46(43)59(47)39-20-9-3-10-21-39/h1-32H. The van der Waals surface area contributed by atoms with E-state index in [1.807, 2.05) is 91.0 Å². The summed E-state index contributed by atoms with van der Waals surface area (Å²) in [5.41, 5.74) is 12.5. The number of para-hydroxylation sites is 4. The third kappa shape index (κ3) is 5.40. The molecule has 60 heavy (non-hydrogen) atoms. The zero-order valence-corrected chi connectivity index (χ0v) is 32.2. The molecule has 0 amide bonds. The Morgan fingerprint density at radius 2 is 0.933 bits per heavy atom. The lowest BCUT2D eigenvalue weighted by Gasteiger charge is -2.14. The Kier molecular flexibility index (Phi) is 8.15. The lowest BCUT2D eigenvalue weighted by Crippen LogP contribution is -2.01. The molecule has 11 rings (SSSR count). The van der Waals surface area contributed by atoms with Gasteiger partial charge in [0.25, 0.3) is 0 Å². The fourth-order valence-electron chi connectivity index (χ4n) is 8.85. The van der Waals surface area contributed by atoms with E-state index in [4.69, 9.17) is 9.97 Å². The fraction of sp³-hybridized carbons (Fsp3) is 0. The molecule has 8 aromatic carbocycles. The van der Waals surface area contributed by atoms with Crippen molar-refractivity contribution in [1.82, 2.24) is 19.1 Å². The van der Waals surface area contributed by atoms with Gasteiger partial charge in [-0.2, -0.15) is 10.5 Å². The Bertz CT molecular complexity index is 3480. The van der Waals surface area contributed by atoms with Crippen LogP contribution in [0.2, 0.25) is 0 Å². The van der Waals surface area contributed by atoms with Gasteiger partial charge in [0.15, 0.2) is 5.82 Å². The lowest BCUT2D eigenvalue weighted by molar-refractivity contribution is 1.17. The molecule has 0 aliphatic rings. The molecule has 6 heteroatoms. The van der Waals surface area contributed by atoms with Gasteiger partial charge in [0, 0.05) is 60.7 Å². The Morgan fingerprint density at radius 3 is 1.55 bits per heavy atom. The summed E-state index contributed by atoms with van der Waals surface area (Å²) in [6.07, 6.45) is 0. The van der Waals surface area contributed by atoms with Crippen molar-refractivity contribution in [2.75, 3.05) is 0 Å². The highest BCUT2D eigenvalue weighted by molar-refractivity contribution is 6.30.